The molecule has 1 aromatic carbocycles. The normalized spacial score (nSPS) is 22.9. The van der Waals surface area contributed by atoms with Crippen LogP contribution in [0.5, 0.6) is 0 Å². The molecule has 0 unspecified atom stereocenters. The lowest BCUT2D eigenvalue weighted by atomic mass is 9.82. The monoisotopic (exact) mass is 262 g/mol. The van der Waals surface area contributed by atoms with Crippen molar-refractivity contribution in [1.29, 1.82) is 0 Å². The molecular weight excluding hydrogens is 240 g/mol. The van der Waals surface area contributed by atoms with Crippen LogP contribution in [0.4, 0.5) is 4.79 Å². The maximum atomic E-state index is 10.4. The molecule has 2 rings (SSSR count). The molecule has 0 saturated heterocycles. The molecule has 4 nitrogen and oxygen atoms in total. The highest BCUT2D eigenvalue weighted by molar-refractivity contribution is 5.64. The Balaban J connectivity index is 1.67. The zero-order chi connectivity index (χ0) is 13.5. The van der Waals surface area contributed by atoms with Gasteiger partial charge < -0.3 is 15.8 Å². The summed E-state index contributed by atoms with van der Waals surface area (Å²) in [6, 6.07) is 11.3. The summed E-state index contributed by atoms with van der Waals surface area (Å²) < 4.78 is 4.70. The number of nitrogens with two attached hydrogens (primary N) is 1. The van der Waals surface area contributed by atoms with Gasteiger partial charge in [-0.15, -0.1) is 0 Å². The molecule has 1 amide bonds. The zero-order valence-corrected chi connectivity index (χ0v) is 11.2. The summed E-state index contributed by atoms with van der Waals surface area (Å²) in [5.41, 5.74) is 6.36. The van der Waals surface area contributed by atoms with Gasteiger partial charge in [-0.2, -0.15) is 0 Å². The Morgan fingerprint density at radius 2 is 1.89 bits per heavy atom. The van der Waals surface area contributed by atoms with Crippen LogP contribution >= 0.6 is 0 Å². The summed E-state index contributed by atoms with van der Waals surface area (Å²) in [6.07, 6.45) is 4.10. The first-order chi connectivity index (χ1) is 9.25. The van der Waals surface area contributed by atoms with Gasteiger partial charge in [-0.1, -0.05) is 30.3 Å². The Bertz CT molecular complexity index is 386. The third-order valence-corrected chi connectivity index (χ3v) is 3.78. The van der Waals surface area contributed by atoms with Gasteiger partial charge in [-0.05, 0) is 37.2 Å². The summed E-state index contributed by atoms with van der Waals surface area (Å²) in [6.45, 7) is 1.04. The molecule has 0 aromatic heterocycles. The quantitative estimate of drug-likeness (QED) is 0.801. The van der Waals surface area contributed by atoms with E-state index in [9.17, 15) is 4.79 Å². The average molecular weight is 262 g/mol. The first-order valence-corrected chi connectivity index (χ1v) is 6.96. The molecule has 19 heavy (non-hydrogen) atoms. The molecular formula is C15H22N2O2. The van der Waals surface area contributed by atoms with E-state index in [0.29, 0.717) is 25.1 Å². The lowest BCUT2D eigenvalue weighted by Gasteiger charge is -2.29. The maximum absolute atomic E-state index is 10.4. The van der Waals surface area contributed by atoms with Crippen LogP contribution in [0.25, 0.3) is 0 Å². The fourth-order valence-corrected chi connectivity index (χ4v) is 2.77. The molecule has 4 heteroatoms. The van der Waals surface area contributed by atoms with Crippen LogP contribution in [0.15, 0.2) is 30.3 Å². The Kier molecular flexibility index (Phi) is 5.21. The van der Waals surface area contributed by atoms with Crippen LogP contribution in [0.3, 0.4) is 0 Å². The van der Waals surface area contributed by atoms with Gasteiger partial charge in [0.25, 0.3) is 0 Å². The van der Waals surface area contributed by atoms with Crippen LogP contribution in [0.2, 0.25) is 0 Å². The third-order valence-electron chi connectivity index (χ3n) is 3.78. The molecule has 0 bridgehead atoms. The van der Waals surface area contributed by atoms with E-state index in [1.165, 1.54) is 31.2 Å². The first kappa shape index (κ1) is 13.9. The van der Waals surface area contributed by atoms with E-state index in [2.05, 4.69) is 35.6 Å². The van der Waals surface area contributed by atoms with Crippen LogP contribution in [-0.4, -0.2) is 25.3 Å². The van der Waals surface area contributed by atoms with Crippen molar-refractivity contribution in [3.8, 4) is 0 Å². The lowest BCUT2D eigenvalue weighted by molar-refractivity contribution is 0.155. The molecule has 1 fully saturated rings. The van der Waals surface area contributed by atoms with Crippen molar-refractivity contribution in [1.82, 2.24) is 5.32 Å². The van der Waals surface area contributed by atoms with Gasteiger partial charge in [0.05, 0.1) is 0 Å². The van der Waals surface area contributed by atoms with E-state index in [-0.39, 0.29) is 0 Å². The van der Waals surface area contributed by atoms with Crippen molar-refractivity contribution >= 4 is 6.09 Å². The van der Waals surface area contributed by atoms with Gasteiger partial charge in [0, 0.05) is 12.6 Å². The van der Waals surface area contributed by atoms with Gasteiger partial charge in [0.15, 0.2) is 0 Å². The number of amides is 1. The minimum atomic E-state index is -0.699. The van der Waals surface area contributed by atoms with Gasteiger partial charge in [0.1, 0.15) is 6.61 Å². The van der Waals surface area contributed by atoms with Gasteiger partial charge in [-0.3, -0.25) is 0 Å². The Morgan fingerprint density at radius 1 is 1.21 bits per heavy atom. The Labute approximate surface area is 114 Å². The van der Waals surface area contributed by atoms with Crippen molar-refractivity contribution in [2.45, 2.75) is 37.6 Å². The van der Waals surface area contributed by atoms with E-state index in [0.717, 1.165) is 0 Å². The number of benzene rings is 1. The van der Waals surface area contributed by atoms with Crippen molar-refractivity contribution in [2.24, 2.45) is 5.73 Å². The number of hydrogen-bond acceptors (Lipinski definition) is 3. The molecule has 1 saturated carbocycles. The number of carbonyl (C=O) groups is 1. The molecule has 3 N–H and O–H groups in total. The fourth-order valence-electron chi connectivity index (χ4n) is 2.77. The number of rotatable bonds is 5. The number of hydrogen-bond donors (Lipinski definition) is 2. The standard InChI is InChI=1S/C15H22N2O2/c16-15(18)19-11-10-17-14-8-6-13(7-9-14)12-4-2-1-3-5-12/h1-5,13-14,17H,6-11H2,(H2,16,18). The summed E-state index contributed by atoms with van der Waals surface area (Å²) in [4.78, 5) is 10.4. The summed E-state index contributed by atoms with van der Waals surface area (Å²) in [7, 11) is 0. The molecule has 1 aliphatic carbocycles. The smallest absolute Gasteiger partial charge is 0.404 e. The first-order valence-electron chi connectivity index (χ1n) is 6.96. The largest absolute Gasteiger partial charge is 0.448 e. The van der Waals surface area contributed by atoms with Crippen LogP contribution in [0.1, 0.15) is 37.2 Å². The molecule has 0 heterocycles. The van der Waals surface area contributed by atoms with Crippen LogP contribution in [-0.2, 0) is 4.74 Å². The molecule has 1 aromatic rings. The van der Waals surface area contributed by atoms with E-state index < -0.39 is 6.09 Å². The minimum Gasteiger partial charge on any atom is -0.448 e. The SMILES string of the molecule is NC(=O)OCCNC1CCC(c2ccccc2)CC1. The third kappa shape index (κ3) is 4.56. The molecule has 0 atom stereocenters. The average Bonchev–Trinajstić information content (AvgIpc) is 2.45. The van der Waals surface area contributed by atoms with Crippen molar-refractivity contribution in [2.75, 3.05) is 13.2 Å². The highest BCUT2D eigenvalue weighted by Gasteiger charge is 2.21. The van der Waals surface area contributed by atoms with Gasteiger partial charge >= 0.3 is 6.09 Å². The van der Waals surface area contributed by atoms with Gasteiger partial charge in [0.2, 0.25) is 0 Å². The van der Waals surface area contributed by atoms with E-state index in [1.807, 2.05) is 0 Å². The van der Waals surface area contributed by atoms with E-state index in [1.54, 1.807) is 0 Å². The number of carbonyl (C=O) groups excluding carboxylic acids is 1. The number of ether oxygens (including phenoxy) is 1. The lowest BCUT2D eigenvalue weighted by Crippen LogP contribution is -2.35. The van der Waals surface area contributed by atoms with E-state index >= 15 is 0 Å². The maximum Gasteiger partial charge on any atom is 0.404 e. The number of primary amides is 1. The molecule has 104 valence electrons. The number of nitrogens with one attached hydrogen (secondary N) is 1. The predicted molar refractivity (Wildman–Crippen MR) is 75.0 cm³/mol. The fraction of sp³-hybridized carbons (Fsp3) is 0.533. The Hall–Kier alpha value is -1.55. The van der Waals surface area contributed by atoms with Crippen LogP contribution < -0.4 is 11.1 Å². The molecule has 0 radical (unpaired) electrons. The summed E-state index contributed by atoms with van der Waals surface area (Å²) in [5.74, 6) is 0.695. The van der Waals surface area contributed by atoms with E-state index in [4.69, 9.17) is 10.5 Å². The van der Waals surface area contributed by atoms with Gasteiger partial charge in [-0.25, -0.2) is 4.79 Å². The predicted octanol–water partition coefficient (Wildman–Crippen LogP) is 2.40. The second-order valence-electron chi connectivity index (χ2n) is 5.08. The Morgan fingerprint density at radius 3 is 2.53 bits per heavy atom. The molecule has 0 aliphatic heterocycles. The minimum absolute atomic E-state index is 0.355. The summed E-state index contributed by atoms with van der Waals surface area (Å²) >= 11 is 0. The molecule has 1 aliphatic rings. The second kappa shape index (κ2) is 7.14. The topological polar surface area (TPSA) is 64.4 Å². The molecule has 0 spiro atoms. The van der Waals surface area contributed by atoms with Crippen LogP contribution in [0, 0.1) is 0 Å². The van der Waals surface area contributed by atoms with Crippen molar-refractivity contribution in [3.05, 3.63) is 35.9 Å². The van der Waals surface area contributed by atoms with Crippen molar-refractivity contribution < 1.29 is 9.53 Å². The second-order valence-corrected chi connectivity index (χ2v) is 5.08. The summed E-state index contributed by atoms with van der Waals surface area (Å²) in [5, 5.41) is 3.42. The van der Waals surface area contributed by atoms with Crippen molar-refractivity contribution in [3.63, 3.8) is 0 Å². The zero-order valence-electron chi connectivity index (χ0n) is 11.2. The highest BCUT2D eigenvalue weighted by Crippen LogP contribution is 2.32. The highest BCUT2D eigenvalue weighted by atomic mass is 16.5.